The monoisotopic (exact) mass is 436 g/mol. The zero-order chi connectivity index (χ0) is 22.5. The fourth-order valence-electron chi connectivity index (χ4n) is 3.72. The Balaban J connectivity index is 1.25. The summed E-state index contributed by atoms with van der Waals surface area (Å²) in [5, 5.41) is 4.08. The molecule has 168 valence electrons. The highest BCUT2D eigenvalue weighted by molar-refractivity contribution is 5.78. The van der Waals surface area contributed by atoms with E-state index in [1.54, 1.807) is 7.11 Å². The number of benzene rings is 2. The van der Waals surface area contributed by atoms with Gasteiger partial charge in [0, 0.05) is 31.7 Å². The summed E-state index contributed by atoms with van der Waals surface area (Å²) in [7, 11) is 1.63. The van der Waals surface area contributed by atoms with Gasteiger partial charge in [0.1, 0.15) is 11.5 Å². The topological polar surface area (TPSA) is 80.9 Å². The summed E-state index contributed by atoms with van der Waals surface area (Å²) < 4.78 is 16.3. The summed E-state index contributed by atoms with van der Waals surface area (Å²) in [6, 6.07) is 13.5. The van der Waals surface area contributed by atoms with Gasteiger partial charge in [-0.15, -0.1) is 0 Å². The Bertz CT molecular complexity index is 1060. The zero-order valence-electron chi connectivity index (χ0n) is 18.7. The van der Waals surface area contributed by atoms with Crippen molar-refractivity contribution in [2.75, 3.05) is 39.9 Å². The summed E-state index contributed by atoms with van der Waals surface area (Å²) in [4.78, 5) is 21.1. The van der Waals surface area contributed by atoms with Gasteiger partial charge >= 0.3 is 0 Å². The molecular weight excluding hydrogens is 408 g/mol. The number of carbonyl (C=O) groups excluding carboxylic acids is 1. The number of piperazine rings is 1. The number of ether oxygens (including phenoxy) is 2. The maximum absolute atomic E-state index is 12.6. The molecule has 0 aliphatic carbocycles. The van der Waals surface area contributed by atoms with Crippen LogP contribution in [0.25, 0.3) is 11.4 Å². The number of hydrogen-bond donors (Lipinski definition) is 0. The molecule has 1 aliphatic heterocycles. The lowest BCUT2D eigenvalue weighted by molar-refractivity contribution is -0.135. The van der Waals surface area contributed by atoms with Gasteiger partial charge in [-0.05, 0) is 49.7 Å². The minimum atomic E-state index is 0.00390. The van der Waals surface area contributed by atoms with Crippen LogP contribution in [0.15, 0.2) is 47.0 Å². The van der Waals surface area contributed by atoms with E-state index >= 15 is 0 Å². The molecule has 2 aromatic carbocycles. The van der Waals surface area contributed by atoms with E-state index < -0.39 is 0 Å². The Kier molecular flexibility index (Phi) is 6.70. The van der Waals surface area contributed by atoms with Crippen molar-refractivity contribution in [3.8, 4) is 22.9 Å². The summed E-state index contributed by atoms with van der Waals surface area (Å²) in [5.74, 6) is 2.66. The second kappa shape index (κ2) is 9.82. The van der Waals surface area contributed by atoms with E-state index in [9.17, 15) is 4.79 Å². The molecule has 0 unspecified atom stereocenters. The van der Waals surface area contributed by atoms with Gasteiger partial charge in [0.15, 0.2) is 6.61 Å². The molecule has 2 heterocycles. The van der Waals surface area contributed by atoms with E-state index in [2.05, 4.69) is 21.1 Å². The minimum Gasteiger partial charge on any atom is -0.497 e. The molecule has 0 N–H and O–H groups in total. The summed E-state index contributed by atoms with van der Waals surface area (Å²) >= 11 is 0. The third kappa shape index (κ3) is 5.26. The van der Waals surface area contributed by atoms with Gasteiger partial charge in [-0.25, -0.2) is 0 Å². The second-order valence-corrected chi connectivity index (χ2v) is 7.95. The largest absolute Gasteiger partial charge is 0.497 e. The maximum Gasteiger partial charge on any atom is 0.260 e. The van der Waals surface area contributed by atoms with Crippen molar-refractivity contribution in [1.82, 2.24) is 19.9 Å². The number of rotatable bonds is 7. The lowest BCUT2D eigenvalue weighted by atomic mass is 10.1. The van der Waals surface area contributed by atoms with Gasteiger partial charge in [0.25, 0.3) is 5.91 Å². The Morgan fingerprint density at radius 2 is 1.81 bits per heavy atom. The quantitative estimate of drug-likeness (QED) is 0.563. The first-order valence-electron chi connectivity index (χ1n) is 10.7. The van der Waals surface area contributed by atoms with Gasteiger partial charge in [-0.2, -0.15) is 4.98 Å². The summed E-state index contributed by atoms with van der Waals surface area (Å²) in [6.07, 6.45) is 0. The molecule has 32 heavy (non-hydrogen) atoms. The number of hydrogen-bond acceptors (Lipinski definition) is 7. The Morgan fingerprint density at radius 3 is 2.50 bits per heavy atom. The fourth-order valence-corrected chi connectivity index (χ4v) is 3.72. The molecule has 8 heteroatoms. The van der Waals surface area contributed by atoms with E-state index in [4.69, 9.17) is 14.0 Å². The van der Waals surface area contributed by atoms with Crippen molar-refractivity contribution in [3.05, 3.63) is 59.5 Å². The Hall–Kier alpha value is -3.39. The van der Waals surface area contributed by atoms with Crippen LogP contribution >= 0.6 is 0 Å². The standard InChI is InChI=1S/C24H28N4O4/c1-17-4-9-21(18(2)14-17)31-16-23(29)28-12-10-27(11-13-28)15-22-25-24(26-32-22)19-5-7-20(30-3)8-6-19/h4-9,14H,10-13,15-16H2,1-3H3. The van der Waals surface area contributed by atoms with Gasteiger partial charge in [0.2, 0.25) is 11.7 Å². The highest BCUT2D eigenvalue weighted by atomic mass is 16.5. The summed E-state index contributed by atoms with van der Waals surface area (Å²) in [6.45, 7) is 7.43. The van der Waals surface area contributed by atoms with E-state index in [0.717, 1.165) is 35.7 Å². The van der Waals surface area contributed by atoms with Crippen LogP contribution in [0, 0.1) is 13.8 Å². The number of nitrogens with zero attached hydrogens (tertiary/aromatic N) is 4. The molecule has 1 amide bonds. The van der Waals surface area contributed by atoms with E-state index in [-0.39, 0.29) is 12.5 Å². The van der Waals surface area contributed by atoms with Crippen LogP contribution in [-0.4, -0.2) is 65.7 Å². The van der Waals surface area contributed by atoms with E-state index in [0.29, 0.717) is 31.3 Å². The molecule has 1 aromatic heterocycles. The fraction of sp³-hybridized carbons (Fsp3) is 0.375. The van der Waals surface area contributed by atoms with Crippen LogP contribution in [0.5, 0.6) is 11.5 Å². The van der Waals surface area contributed by atoms with Crippen molar-refractivity contribution in [2.24, 2.45) is 0 Å². The van der Waals surface area contributed by atoms with Crippen molar-refractivity contribution in [1.29, 1.82) is 0 Å². The van der Waals surface area contributed by atoms with Crippen molar-refractivity contribution >= 4 is 5.91 Å². The van der Waals surface area contributed by atoms with Gasteiger partial charge in [0.05, 0.1) is 13.7 Å². The second-order valence-electron chi connectivity index (χ2n) is 7.95. The van der Waals surface area contributed by atoms with Crippen LogP contribution < -0.4 is 9.47 Å². The molecule has 0 spiro atoms. The normalized spacial score (nSPS) is 14.4. The van der Waals surface area contributed by atoms with Crippen LogP contribution in [0.3, 0.4) is 0 Å². The minimum absolute atomic E-state index is 0.00390. The van der Waals surface area contributed by atoms with Gasteiger partial charge in [-0.3, -0.25) is 9.69 Å². The van der Waals surface area contributed by atoms with Crippen molar-refractivity contribution in [3.63, 3.8) is 0 Å². The number of aromatic nitrogens is 2. The van der Waals surface area contributed by atoms with E-state index in [1.165, 1.54) is 5.56 Å². The number of methoxy groups -OCH3 is 1. The molecule has 8 nitrogen and oxygen atoms in total. The number of amides is 1. The van der Waals surface area contributed by atoms with E-state index in [1.807, 2.05) is 55.1 Å². The van der Waals surface area contributed by atoms with Crippen molar-refractivity contribution in [2.45, 2.75) is 20.4 Å². The highest BCUT2D eigenvalue weighted by Gasteiger charge is 2.23. The molecule has 1 fully saturated rings. The van der Waals surface area contributed by atoms with Crippen LogP contribution in [-0.2, 0) is 11.3 Å². The molecule has 4 rings (SSSR count). The average molecular weight is 437 g/mol. The molecule has 3 aromatic rings. The third-order valence-electron chi connectivity index (χ3n) is 5.58. The number of carbonyl (C=O) groups is 1. The Morgan fingerprint density at radius 1 is 1.06 bits per heavy atom. The lowest BCUT2D eigenvalue weighted by Gasteiger charge is -2.33. The van der Waals surface area contributed by atoms with Crippen LogP contribution in [0.2, 0.25) is 0 Å². The predicted octanol–water partition coefficient (Wildman–Crippen LogP) is 3.09. The van der Waals surface area contributed by atoms with Crippen molar-refractivity contribution < 1.29 is 18.8 Å². The van der Waals surface area contributed by atoms with Gasteiger partial charge in [-0.1, -0.05) is 22.9 Å². The molecule has 1 aliphatic rings. The molecule has 0 radical (unpaired) electrons. The first-order chi connectivity index (χ1) is 15.5. The first kappa shape index (κ1) is 21.8. The average Bonchev–Trinajstić information content (AvgIpc) is 3.27. The first-order valence-corrected chi connectivity index (χ1v) is 10.7. The molecule has 1 saturated heterocycles. The van der Waals surface area contributed by atoms with Gasteiger partial charge < -0.3 is 18.9 Å². The number of aryl methyl sites for hydroxylation is 2. The van der Waals surface area contributed by atoms with Crippen LogP contribution in [0.4, 0.5) is 0 Å². The molecule has 0 saturated carbocycles. The highest BCUT2D eigenvalue weighted by Crippen LogP contribution is 2.21. The zero-order valence-corrected chi connectivity index (χ0v) is 18.7. The smallest absolute Gasteiger partial charge is 0.260 e. The molecule has 0 bridgehead atoms. The summed E-state index contributed by atoms with van der Waals surface area (Å²) in [5.41, 5.74) is 3.09. The molecule has 0 atom stereocenters. The maximum atomic E-state index is 12.6. The molecular formula is C24H28N4O4. The SMILES string of the molecule is COc1ccc(-c2noc(CN3CCN(C(=O)COc4ccc(C)cc4C)CC3)n2)cc1. The van der Waals surface area contributed by atoms with Crippen LogP contribution in [0.1, 0.15) is 17.0 Å². The Labute approximate surface area is 187 Å². The predicted molar refractivity (Wildman–Crippen MR) is 120 cm³/mol. The lowest BCUT2D eigenvalue weighted by Crippen LogP contribution is -2.49. The third-order valence-corrected chi connectivity index (χ3v) is 5.58.